The van der Waals surface area contributed by atoms with Gasteiger partial charge < -0.3 is 10.8 Å². The Morgan fingerprint density at radius 3 is 2.47 bits per heavy atom. The molecule has 0 aliphatic carbocycles. The van der Waals surface area contributed by atoms with Crippen LogP contribution in [0.4, 0.5) is 5.69 Å². The van der Waals surface area contributed by atoms with Crippen molar-refractivity contribution in [1.82, 2.24) is 4.31 Å². The van der Waals surface area contributed by atoms with Gasteiger partial charge in [0.2, 0.25) is 10.0 Å². The van der Waals surface area contributed by atoms with Crippen molar-refractivity contribution in [3.05, 3.63) is 23.8 Å². The number of nitrogens with two attached hydrogens (primary N) is 1. The maximum Gasteiger partial charge on any atom is 0.242 e. The number of aliphatic hydroxyl groups excluding tert-OH is 1. The number of nitrogens with zero attached hydrogens (tertiary/aromatic N) is 1. The molecule has 0 heterocycles. The molecule has 0 saturated heterocycles. The highest BCUT2D eigenvalue weighted by molar-refractivity contribution is 7.89. The van der Waals surface area contributed by atoms with Gasteiger partial charge in [-0.15, -0.1) is 0 Å². The summed E-state index contributed by atoms with van der Waals surface area (Å²) >= 11 is 0. The average molecular weight is 230 g/mol. The van der Waals surface area contributed by atoms with Gasteiger partial charge in [-0.1, -0.05) is 6.07 Å². The van der Waals surface area contributed by atoms with E-state index in [-0.39, 0.29) is 11.5 Å². The molecule has 0 amide bonds. The molecular formula is C9H14N2O3S. The zero-order valence-corrected chi connectivity index (χ0v) is 9.45. The first-order valence-electron chi connectivity index (χ1n) is 4.31. The van der Waals surface area contributed by atoms with Crippen molar-refractivity contribution in [2.45, 2.75) is 11.5 Å². The third-order valence-electron chi connectivity index (χ3n) is 2.02. The number of rotatable bonds is 3. The summed E-state index contributed by atoms with van der Waals surface area (Å²) in [5.41, 5.74) is 6.21. The second-order valence-corrected chi connectivity index (χ2v) is 5.43. The molecule has 84 valence electrons. The van der Waals surface area contributed by atoms with E-state index in [1.807, 2.05) is 0 Å². The van der Waals surface area contributed by atoms with Gasteiger partial charge in [0.15, 0.2) is 0 Å². The molecule has 0 radical (unpaired) electrons. The Bertz CT molecular complexity index is 454. The first-order valence-corrected chi connectivity index (χ1v) is 5.75. The van der Waals surface area contributed by atoms with E-state index in [1.54, 1.807) is 6.07 Å². The van der Waals surface area contributed by atoms with E-state index in [1.165, 1.54) is 26.2 Å². The molecule has 0 atom stereocenters. The third-order valence-corrected chi connectivity index (χ3v) is 3.92. The lowest BCUT2D eigenvalue weighted by Crippen LogP contribution is -2.23. The monoisotopic (exact) mass is 230 g/mol. The number of hydrogen-bond donors (Lipinski definition) is 2. The highest BCUT2D eigenvalue weighted by atomic mass is 32.2. The number of aliphatic hydroxyl groups is 1. The van der Waals surface area contributed by atoms with Crippen molar-refractivity contribution in [2.75, 3.05) is 19.8 Å². The van der Waals surface area contributed by atoms with Crippen LogP contribution in [-0.2, 0) is 16.6 Å². The number of sulfonamides is 1. The highest BCUT2D eigenvalue weighted by Crippen LogP contribution is 2.21. The zero-order valence-electron chi connectivity index (χ0n) is 8.64. The first-order chi connectivity index (χ1) is 6.89. The van der Waals surface area contributed by atoms with Crippen LogP contribution < -0.4 is 5.73 Å². The van der Waals surface area contributed by atoms with Crippen LogP contribution >= 0.6 is 0 Å². The van der Waals surface area contributed by atoms with Crippen LogP contribution in [0, 0.1) is 0 Å². The molecule has 1 rings (SSSR count). The molecule has 3 N–H and O–H groups in total. The Kier molecular flexibility index (Phi) is 3.33. The van der Waals surface area contributed by atoms with Crippen LogP contribution in [-0.4, -0.2) is 31.9 Å². The summed E-state index contributed by atoms with van der Waals surface area (Å²) in [5, 5.41) is 9.03. The lowest BCUT2D eigenvalue weighted by Gasteiger charge is -2.14. The van der Waals surface area contributed by atoms with Gasteiger partial charge in [-0.05, 0) is 17.7 Å². The fourth-order valence-corrected chi connectivity index (χ4v) is 2.28. The predicted molar refractivity (Wildman–Crippen MR) is 57.7 cm³/mol. The van der Waals surface area contributed by atoms with E-state index in [0.29, 0.717) is 11.3 Å². The van der Waals surface area contributed by atoms with Crippen molar-refractivity contribution >= 4 is 15.7 Å². The van der Waals surface area contributed by atoms with Gasteiger partial charge in [-0.25, -0.2) is 12.7 Å². The smallest absolute Gasteiger partial charge is 0.242 e. The lowest BCUT2D eigenvalue weighted by atomic mass is 10.2. The molecule has 0 aliphatic rings. The van der Waals surface area contributed by atoms with Crippen molar-refractivity contribution in [1.29, 1.82) is 0 Å². The Morgan fingerprint density at radius 2 is 2.00 bits per heavy atom. The van der Waals surface area contributed by atoms with Crippen molar-refractivity contribution in [2.24, 2.45) is 0 Å². The molecule has 1 aromatic rings. The largest absolute Gasteiger partial charge is 0.399 e. The van der Waals surface area contributed by atoms with E-state index in [0.717, 1.165) is 4.31 Å². The van der Waals surface area contributed by atoms with Gasteiger partial charge in [-0.2, -0.15) is 0 Å². The molecule has 0 saturated carbocycles. The number of nitrogen functional groups attached to an aromatic ring is 1. The number of hydrogen-bond acceptors (Lipinski definition) is 4. The number of benzene rings is 1. The summed E-state index contributed by atoms with van der Waals surface area (Å²) in [6.07, 6.45) is 0. The molecule has 0 aromatic heterocycles. The van der Waals surface area contributed by atoms with E-state index in [2.05, 4.69) is 0 Å². The van der Waals surface area contributed by atoms with Gasteiger partial charge in [0.25, 0.3) is 0 Å². The van der Waals surface area contributed by atoms with Gasteiger partial charge >= 0.3 is 0 Å². The minimum atomic E-state index is -3.55. The topological polar surface area (TPSA) is 83.6 Å². The first kappa shape index (κ1) is 12.0. The molecule has 0 fully saturated rings. The fraction of sp³-hybridized carbons (Fsp3) is 0.333. The summed E-state index contributed by atoms with van der Waals surface area (Å²) < 4.78 is 24.7. The molecular weight excluding hydrogens is 216 g/mol. The van der Waals surface area contributed by atoms with E-state index in [4.69, 9.17) is 10.8 Å². The van der Waals surface area contributed by atoms with Gasteiger partial charge in [0.1, 0.15) is 0 Å². The van der Waals surface area contributed by atoms with Gasteiger partial charge in [0, 0.05) is 19.8 Å². The quantitative estimate of drug-likeness (QED) is 0.716. The molecule has 0 spiro atoms. The van der Waals surface area contributed by atoms with Gasteiger partial charge in [-0.3, -0.25) is 0 Å². The minimum absolute atomic E-state index is 0.0509. The Hall–Kier alpha value is -1.11. The van der Waals surface area contributed by atoms with Crippen LogP contribution in [0.25, 0.3) is 0 Å². The highest BCUT2D eigenvalue weighted by Gasteiger charge is 2.20. The van der Waals surface area contributed by atoms with E-state index >= 15 is 0 Å². The van der Waals surface area contributed by atoms with Crippen molar-refractivity contribution < 1.29 is 13.5 Å². The molecule has 0 aliphatic heterocycles. The maximum atomic E-state index is 11.8. The van der Waals surface area contributed by atoms with Crippen LogP contribution in [0.3, 0.4) is 0 Å². The molecule has 5 nitrogen and oxygen atoms in total. The lowest BCUT2D eigenvalue weighted by molar-refractivity contribution is 0.278. The summed E-state index contributed by atoms with van der Waals surface area (Å²) in [6.45, 7) is -0.331. The summed E-state index contributed by atoms with van der Waals surface area (Å²) in [5.74, 6) is 0. The zero-order chi connectivity index (χ0) is 11.6. The number of anilines is 1. The summed E-state index contributed by atoms with van der Waals surface area (Å²) in [4.78, 5) is 0.0509. The third kappa shape index (κ3) is 2.28. The fourth-order valence-electron chi connectivity index (χ4n) is 1.14. The molecule has 0 unspecified atom stereocenters. The second-order valence-electron chi connectivity index (χ2n) is 3.31. The molecule has 1 aromatic carbocycles. The van der Waals surface area contributed by atoms with E-state index < -0.39 is 10.0 Å². The van der Waals surface area contributed by atoms with Crippen LogP contribution in [0.1, 0.15) is 5.56 Å². The summed E-state index contributed by atoms with van der Waals surface area (Å²) in [6, 6.07) is 4.41. The van der Waals surface area contributed by atoms with Crippen LogP contribution in [0.15, 0.2) is 23.1 Å². The minimum Gasteiger partial charge on any atom is -0.399 e. The maximum absolute atomic E-state index is 11.8. The molecule has 0 bridgehead atoms. The van der Waals surface area contributed by atoms with Crippen LogP contribution in [0.5, 0.6) is 0 Å². The predicted octanol–water partition coefficient (Wildman–Crippen LogP) is 0.0114. The summed E-state index contributed by atoms with van der Waals surface area (Å²) in [7, 11) is -0.688. The van der Waals surface area contributed by atoms with E-state index in [9.17, 15) is 8.42 Å². The van der Waals surface area contributed by atoms with Gasteiger partial charge in [0.05, 0.1) is 11.5 Å². The standard InChI is InChI=1S/C9H14N2O3S/c1-11(2)15(13,14)9-5-8(10)4-3-7(9)6-12/h3-5,12H,6,10H2,1-2H3. The molecule has 15 heavy (non-hydrogen) atoms. The van der Waals surface area contributed by atoms with Crippen molar-refractivity contribution in [3.8, 4) is 0 Å². The molecule has 6 heteroatoms. The second kappa shape index (κ2) is 4.18. The van der Waals surface area contributed by atoms with Crippen molar-refractivity contribution in [3.63, 3.8) is 0 Å². The normalized spacial score (nSPS) is 12.0. The average Bonchev–Trinajstić information content (AvgIpc) is 2.17. The Balaban J connectivity index is 3.42. The Labute approximate surface area is 89.2 Å². The Morgan fingerprint density at radius 1 is 1.40 bits per heavy atom. The SMILES string of the molecule is CN(C)S(=O)(=O)c1cc(N)ccc1CO. The van der Waals surface area contributed by atoms with Crippen LogP contribution in [0.2, 0.25) is 0 Å².